The maximum absolute atomic E-state index is 12.3. The molecule has 0 radical (unpaired) electrons. The van der Waals surface area contributed by atoms with E-state index in [4.69, 9.17) is 9.26 Å². The summed E-state index contributed by atoms with van der Waals surface area (Å²) in [4.78, 5) is 26.0. The lowest BCUT2D eigenvalue weighted by Gasteiger charge is -2.44. The third-order valence-electron chi connectivity index (χ3n) is 4.71. The average Bonchev–Trinajstić information content (AvgIpc) is 3.09. The molecular formula is C18H19N3O4. The topological polar surface area (TPSA) is 84.7 Å². The number of morpholine rings is 1. The Morgan fingerprint density at radius 3 is 2.80 bits per heavy atom. The molecule has 2 fully saturated rings. The highest BCUT2D eigenvalue weighted by molar-refractivity contribution is 5.93. The van der Waals surface area contributed by atoms with Crippen LogP contribution in [0, 0.1) is 0 Å². The summed E-state index contributed by atoms with van der Waals surface area (Å²) in [5, 5.41) is 6.81. The zero-order valence-electron chi connectivity index (χ0n) is 13.7. The summed E-state index contributed by atoms with van der Waals surface area (Å²) in [5.74, 6) is 0.351. The van der Waals surface area contributed by atoms with Crippen LogP contribution in [0.5, 0.6) is 0 Å². The van der Waals surface area contributed by atoms with Gasteiger partial charge in [-0.25, -0.2) is 0 Å². The van der Waals surface area contributed by atoms with E-state index < -0.39 is 0 Å². The van der Waals surface area contributed by atoms with Crippen molar-refractivity contribution in [2.24, 2.45) is 0 Å². The Kier molecular flexibility index (Phi) is 4.23. The molecule has 7 heteroatoms. The van der Waals surface area contributed by atoms with Gasteiger partial charge in [0.05, 0.1) is 6.61 Å². The van der Waals surface area contributed by atoms with Crippen molar-refractivity contribution in [1.29, 1.82) is 0 Å². The monoisotopic (exact) mass is 341 g/mol. The van der Waals surface area contributed by atoms with Crippen molar-refractivity contribution in [2.45, 2.75) is 24.9 Å². The van der Waals surface area contributed by atoms with Crippen LogP contribution in [-0.4, -0.2) is 53.7 Å². The normalized spacial score (nSPS) is 23.2. The lowest BCUT2D eigenvalue weighted by molar-refractivity contribution is -0.148. The Balaban J connectivity index is 1.32. The third-order valence-corrected chi connectivity index (χ3v) is 4.71. The van der Waals surface area contributed by atoms with Crippen molar-refractivity contribution in [1.82, 2.24) is 15.4 Å². The molecule has 0 spiro atoms. The molecule has 4 rings (SSSR count). The predicted molar refractivity (Wildman–Crippen MR) is 88.7 cm³/mol. The maximum atomic E-state index is 12.3. The number of carbonyl (C=O) groups is 2. The first kappa shape index (κ1) is 15.8. The van der Waals surface area contributed by atoms with Crippen LogP contribution in [0.3, 0.4) is 0 Å². The molecule has 130 valence electrons. The van der Waals surface area contributed by atoms with E-state index in [9.17, 15) is 9.59 Å². The molecule has 2 amide bonds. The van der Waals surface area contributed by atoms with Crippen molar-refractivity contribution in [3.63, 3.8) is 0 Å². The molecule has 2 aliphatic rings. The number of aromatic nitrogens is 1. The van der Waals surface area contributed by atoms with E-state index in [1.165, 1.54) is 0 Å². The van der Waals surface area contributed by atoms with Gasteiger partial charge in [0.1, 0.15) is 6.61 Å². The highest BCUT2D eigenvalue weighted by Gasteiger charge is 2.38. The van der Waals surface area contributed by atoms with Gasteiger partial charge >= 0.3 is 0 Å². The molecule has 0 atom stereocenters. The number of hydrogen-bond donors (Lipinski definition) is 1. The second-order valence-corrected chi connectivity index (χ2v) is 6.38. The second kappa shape index (κ2) is 6.68. The summed E-state index contributed by atoms with van der Waals surface area (Å²) >= 11 is 0. The first-order valence-electron chi connectivity index (χ1n) is 8.41. The highest BCUT2D eigenvalue weighted by Crippen LogP contribution is 2.27. The Bertz CT molecular complexity index is 768. The number of benzene rings is 1. The standard InChI is InChI=1S/C18H19N3O4/c22-17-11-24-7-6-21(17)14-8-13(9-14)19-18(23)15-10-16(25-20-15)12-4-2-1-3-5-12/h1-5,10,13-14H,6-9,11H2,(H,19,23)/t13-,14-. The van der Waals surface area contributed by atoms with Gasteiger partial charge in [-0.3, -0.25) is 9.59 Å². The summed E-state index contributed by atoms with van der Waals surface area (Å²) < 4.78 is 10.4. The molecule has 25 heavy (non-hydrogen) atoms. The van der Waals surface area contributed by atoms with Crippen LogP contribution in [0.15, 0.2) is 40.9 Å². The lowest BCUT2D eigenvalue weighted by Crippen LogP contribution is -2.58. The molecule has 0 unspecified atom stereocenters. The van der Waals surface area contributed by atoms with E-state index in [1.807, 2.05) is 35.2 Å². The van der Waals surface area contributed by atoms with E-state index in [0.717, 1.165) is 18.4 Å². The molecule has 1 saturated heterocycles. The minimum absolute atomic E-state index is 0.0324. The molecule has 1 aromatic heterocycles. The van der Waals surface area contributed by atoms with Crippen molar-refractivity contribution in [2.75, 3.05) is 19.8 Å². The number of nitrogens with zero attached hydrogens (tertiary/aromatic N) is 2. The number of amides is 2. The summed E-state index contributed by atoms with van der Waals surface area (Å²) in [6, 6.07) is 11.4. The Morgan fingerprint density at radius 1 is 1.24 bits per heavy atom. The predicted octanol–water partition coefficient (Wildman–Crippen LogP) is 1.46. The van der Waals surface area contributed by atoms with Crippen LogP contribution < -0.4 is 5.32 Å². The van der Waals surface area contributed by atoms with Gasteiger partial charge in [-0.2, -0.15) is 0 Å². The molecule has 0 bridgehead atoms. The summed E-state index contributed by atoms with van der Waals surface area (Å²) in [7, 11) is 0. The maximum Gasteiger partial charge on any atom is 0.273 e. The largest absolute Gasteiger partial charge is 0.370 e. The van der Waals surface area contributed by atoms with Gasteiger partial charge in [0.15, 0.2) is 11.5 Å². The van der Waals surface area contributed by atoms with Crippen LogP contribution >= 0.6 is 0 Å². The van der Waals surface area contributed by atoms with Crippen molar-refractivity contribution < 1.29 is 18.8 Å². The molecule has 1 N–H and O–H groups in total. The SMILES string of the molecule is O=C(N[C@H]1C[C@H](N2CCOCC2=O)C1)c1cc(-c2ccccc2)on1. The van der Waals surface area contributed by atoms with Crippen LogP contribution in [0.25, 0.3) is 11.3 Å². The lowest BCUT2D eigenvalue weighted by atomic mass is 9.85. The van der Waals surface area contributed by atoms with Crippen molar-refractivity contribution >= 4 is 11.8 Å². The van der Waals surface area contributed by atoms with Gasteiger partial charge in [0.2, 0.25) is 5.91 Å². The molecule has 1 saturated carbocycles. The quantitative estimate of drug-likeness (QED) is 0.910. The molecule has 2 aromatic rings. The molecule has 1 aliphatic heterocycles. The summed E-state index contributed by atoms with van der Waals surface area (Å²) in [6.07, 6.45) is 1.53. The van der Waals surface area contributed by atoms with E-state index in [-0.39, 0.29) is 36.2 Å². The number of hydrogen-bond acceptors (Lipinski definition) is 5. The number of rotatable bonds is 4. The molecule has 2 heterocycles. The third kappa shape index (κ3) is 3.28. The molecule has 1 aliphatic carbocycles. The molecular weight excluding hydrogens is 322 g/mol. The van der Waals surface area contributed by atoms with E-state index in [0.29, 0.717) is 18.9 Å². The Labute approximate surface area is 144 Å². The van der Waals surface area contributed by atoms with Crippen LogP contribution in [0.4, 0.5) is 0 Å². The second-order valence-electron chi connectivity index (χ2n) is 6.38. The van der Waals surface area contributed by atoms with Gasteiger partial charge in [0.25, 0.3) is 5.91 Å². The minimum Gasteiger partial charge on any atom is -0.370 e. The zero-order chi connectivity index (χ0) is 17.2. The van der Waals surface area contributed by atoms with Crippen LogP contribution in [0.2, 0.25) is 0 Å². The summed E-state index contributed by atoms with van der Waals surface area (Å²) in [5.41, 5.74) is 1.15. The van der Waals surface area contributed by atoms with Gasteiger partial charge in [-0.1, -0.05) is 35.5 Å². The van der Waals surface area contributed by atoms with Gasteiger partial charge < -0.3 is 19.5 Å². The average molecular weight is 341 g/mol. The first-order chi connectivity index (χ1) is 12.2. The van der Waals surface area contributed by atoms with E-state index in [2.05, 4.69) is 10.5 Å². The number of ether oxygens (including phenoxy) is 1. The van der Waals surface area contributed by atoms with Crippen molar-refractivity contribution in [3.05, 3.63) is 42.1 Å². The van der Waals surface area contributed by atoms with E-state index >= 15 is 0 Å². The number of carbonyl (C=O) groups excluding carboxylic acids is 2. The first-order valence-corrected chi connectivity index (χ1v) is 8.41. The Morgan fingerprint density at radius 2 is 2.04 bits per heavy atom. The zero-order valence-corrected chi connectivity index (χ0v) is 13.7. The van der Waals surface area contributed by atoms with E-state index in [1.54, 1.807) is 6.07 Å². The van der Waals surface area contributed by atoms with Gasteiger partial charge in [-0.15, -0.1) is 0 Å². The number of nitrogens with one attached hydrogen (secondary N) is 1. The van der Waals surface area contributed by atoms with Gasteiger partial charge in [-0.05, 0) is 12.8 Å². The summed E-state index contributed by atoms with van der Waals surface area (Å²) in [6.45, 7) is 1.38. The smallest absolute Gasteiger partial charge is 0.273 e. The fourth-order valence-corrected chi connectivity index (χ4v) is 3.26. The minimum atomic E-state index is -0.248. The van der Waals surface area contributed by atoms with Crippen LogP contribution in [-0.2, 0) is 9.53 Å². The van der Waals surface area contributed by atoms with Gasteiger partial charge in [0, 0.05) is 30.3 Å². The highest BCUT2D eigenvalue weighted by atomic mass is 16.5. The Hall–Kier alpha value is -2.67. The fraction of sp³-hybridized carbons (Fsp3) is 0.389. The molecule has 1 aromatic carbocycles. The fourth-order valence-electron chi connectivity index (χ4n) is 3.26. The van der Waals surface area contributed by atoms with Crippen molar-refractivity contribution in [3.8, 4) is 11.3 Å². The van der Waals surface area contributed by atoms with Crippen LogP contribution in [0.1, 0.15) is 23.3 Å². The molecule has 7 nitrogen and oxygen atoms in total.